The van der Waals surface area contributed by atoms with Gasteiger partial charge in [-0.15, -0.1) is 0 Å². The van der Waals surface area contributed by atoms with Crippen LogP contribution in [-0.2, 0) is 13.5 Å². The van der Waals surface area contributed by atoms with Gasteiger partial charge in [0.1, 0.15) is 5.82 Å². The maximum absolute atomic E-state index is 4.34. The fourth-order valence-corrected chi connectivity index (χ4v) is 2.71. The molecule has 0 aromatic carbocycles. The van der Waals surface area contributed by atoms with Crippen molar-refractivity contribution >= 4 is 0 Å². The van der Waals surface area contributed by atoms with E-state index in [1.807, 2.05) is 12.4 Å². The van der Waals surface area contributed by atoms with Gasteiger partial charge in [0.25, 0.3) is 0 Å². The third-order valence-electron chi connectivity index (χ3n) is 3.85. The molecule has 0 bridgehead atoms. The summed E-state index contributed by atoms with van der Waals surface area (Å²) in [6.45, 7) is 2.26. The summed E-state index contributed by atoms with van der Waals surface area (Å²) < 4.78 is 2.10. The first-order valence-electron chi connectivity index (χ1n) is 7.03. The zero-order chi connectivity index (χ0) is 11.9. The molecule has 1 heterocycles. The molecule has 3 heteroatoms. The van der Waals surface area contributed by atoms with Gasteiger partial charge in [0.2, 0.25) is 0 Å². The van der Waals surface area contributed by atoms with Crippen molar-refractivity contribution in [2.75, 3.05) is 13.1 Å². The molecule has 0 saturated heterocycles. The lowest BCUT2D eigenvalue weighted by Crippen LogP contribution is -2.25. The van der Waals surface area contributed by atoms with Gasteiger partial charge in [-0.2, -0.15) is 0 Å². The number of nitrogens with one attached hydrogen (secondary N) is 1. The van der Waals surface area contributed by atoms with Crippen LogP contribution < -0.4 is 5.32 Å². The molecule has 96 valence electrons. The lowest BCUT2D eigenvalue weighted by molar-refractivity contribution is 0.426. The first kappa shape index (κ1) is 12.6. The lowest BCUT2D eigenvalue weighted by Gasteiger charge is -2.14. The van der Waals surface area contributed by atoms with Crippen molar-refractivity contribution in [3.63, 3.8) is 0 Å². The van der Waals surface area contributed by atoms with Gasteiger partial charge in [-0.05, 0) is 25.3 Å². The van der Waals surface area contributed by atoms with Gasteiger partial charge in [0.05, 0.1) is 0 Å². The van der Waals surface area contributed by atoms with Gasteiger partial charge in [-0.1, -0.05) is 25.7 Å². The maximum atomic E-state index is 4.34. The molecule has 1 N–H and O–H groups in total. The molecule has 1 saturated carbocycles. The Kier molecular flexibility index (Phi) is 5.05. The molecule has 1 fully saturated rings. The van der Waals surface area contributed by atoms with Crippen molar-refractivity contribution in [1.29, 1.82) is 0 Å². The molecule has 0 atom stereocenters. The molecule has 0 amide bonds. The summed E-state index contributed by atoms with van der Waals surface area (Å²) in [5.41, 5.74) is 0. The highest BCUT2D eigenvalue weighted by atomic mass is 15.0. The summed E-state index contributed by atoms with van der Waals surface area (Å²) in [7, 11) is 2.06. The van der Waals surface area contributed by atoms with Crippen LogP contribution >= 0.6 is 0 Å². The number of aromatic nitrogens is 2. The quantitative estimate of drug-likeness (QED) is 0.628. The smallest absolute Gasteiger partial charge is 0.109 e. The normalized spacial score (nSPS) is 18.2. The summed E-state index contributed by atoms with van der Waals surface area (Å²) >= 11 is 0. The Morgan fingerprint density at radius 3 is 2.71 bits per heavy atom. The van der Waals surface area contributed by atoms with E-state index in [1.165, 1.54) is 50.9 Å². The Labute approximate surface area is 105 Å². The summed E-state index contributed by atoms with van der Waals surface area (Å²) in [5.74, 6) is 2.09. The van der Waals surface area contributed by atoms with Crippen molar-refractivity contribution in [3.05, 3.63) is 18.2 Å². The predicted octanol–water partition coefficient (Wildman–Crippen LogP) is 2.52. The molecule has 0 radical (unpaired) electrons. The second kappa shape index (κ2) is 6.80. The highest BCUT2D eigenvalue weighted by molar-refractivity contribution is 4.91. The molecule has 0 aliphatic heterocycles. The second-order valence-electron chi connectivity index (χ2n) is 5.27. The summed E-state index contributed by atoms with van der Waals surface area (Å²) in [4.78, 5) is 4.34. The Morgan fingerprint density at radius 1 is 1.29 bits per heavy atom. The Morgan fingerprint density at radius 2 is 2.06 bits per heavy atom. The molecule has 1 aliphatic carbocycles. The molecule has 0 spiro atoms. The maximum Gasteiger partial charge on any atom is 0.109 e. The Bertz CT molecular complexity index is 311. The number of hydrogen-bond donors (Lipinski definition) is 1. The highest BCUT2D eigenvalue weighted by Gasteiger charge is 2.11. The van der Waals surface area contributed by atoms with Crippen LogP contribution in [0.25, 0.3) is 0 Å². The van der Waals surface area contributed by atoms with Crippen molar-refractivity contribution < 1.29 is 0 Å². The van der Waals surface area contributed by atoms with Crippen LogP contribution in [0.4, 0.5) is 0 Å². The number of nitrogens with zero attached hydrogens (tertiary/aromatic N) is 2. The fraction of sp³-hybridized carbons (Fsp3) is 0.786. The van der Waals surface area contributed by atoms with E-state index in [4.69, 9.17) is 0 Å². The summed E-state index contributed by atoms with van der Waals surface area (Å²) in [6.07, 6.45) is 13.5. The molecule has 1 aromatic rings. The van der Waals surface area contributed by atoms with Gasteiger partial charge in [0.15, 0.2) is 0 Å². The van der Waals surface area contributed by atoms with E-state index in [2.05, 4.69) is 21.9 Å². The van der Waals surface area contributed by atoms with E-state index >= 15 is 0 Å². The molecule has 17 heavy (non-hydrogen) atoms. The molecule has 1 aliphatic rings. The van der Waals surface area contributed by atoms with Crippen LogP contribution in [0.2, 0.25) is 0 Å². The molecule has 3 nitrogen and oxygen atoms in total. The van der Waals surface area contributed by atoms with Crippen molar-refractivity contribution in [2.24, 2.45) is 13.0 Å². The van der Waals surface area contributed by atoms with Crippen LogP contribution in [0.3, 0.4) is 0 Å². The van der Waals surface area contributed by atoms with E-state index in [9.17, 15) is 0 Å². The van der Waals surface area contributed by atoms with Crippen molar-refractivity contribution in [2.45, 2.75) is 44.9 Å². The monoisotopic (exact) mass is 235 g/mol. The van der Waals surface area contributed by atoms with Gasteiger partial charge < -0.3 is 9.88 Å². The Hall–Kier alpha value is -0.830. The third kappa shape index (κ3) is 4.15. The zero-order valence-electron chi connectivity index (χ0n) is 11.0. The number of rotatable bonds is 5. The first-order chi connectivity index (χ1) is 8.36. The van der Waals surface area contributed by atoms with Gasteiger partial charge in [-0.3, -0.25) is 0 Å². The van der Waals surface area contributed by atoms with Crippen LogP contribution in [0.5, 0.6) is 0 Å². The number of aryl methyl sites for hydroxylation is 1. The van der Waals surface area contributed by atoms with Crippen LogP contribution in [0.1, 0.15) is 44.3 Å². The van der Waals surface area contributed by atoms with Crippen molar-refractivity contribution in [3.8, 4) is 0 Å². The predicted molar refractivity (Wildman–Crippen MR) is 71.0 cm³/mol. The first-order valence-corrected chi connectivity index (χ1v) is 7.03. The van der Waals surface area contributed by atoms with Gasteiger partial charge >= 0.3 is 0 Å². The third-order valence-corrected chi connectivity index (χ3v) is 3.85. The minimum atomic E-state index is 0.916. The van der Waals surface area contributed by atoms with Crippen LogP contribution in [-0.4, -0.2) is 22.6 Å². The largest absolute Gasteiger partial charge is 0.338 e. The van der Waals surface area contributed by atoms with E-state index in [0.717, 1.165) is 18.9 Å². The SMILES string of the molecule is Cn1ccnc1CCNCC1CCCCCC1. The van der Waals surface area contributed by atoms with E-state index < -0.39 is 0 Å². The van der Waals surface area contributed by atoms with Crippen LogP contribution in [0.15, 0.2) is 12.4 Å². The van der Waals surface area contributed by atoms with Crippen molar-refractivity contribution in [1.82, 2.24) is 14.9 Å². The number of imidazole rings is 1. The topological polar surface area (TPSA) is 29.9 Å². The van der Waals surface area contributed by atoms with Gasteiger partial charge in [-0.25, -0.2) is 4.98 Å². The van der Waals surface area contributed by atoms with E-state index in [0.29, 0.717) is 0 Å². The lowest BCUT2D eigenvalue weighted by atomic mass is 10.0. The molecule has 2 rings (SSSR count). The molecule has 0 unspecified atom stereocenters. The Balaban J connectivity index is 1.61. The average Bonchev–Trinajstić information content (AvgIpc) is 2.60. The molecule has 1 aromatic heterocycles. The zero-order valence-corrected chi connectivity index (χ0v) is 11.0. The second-order valence-corrected chi connectivity index (χ2v) is 5.27. The summed E-state index contributed by atoms with van der Waals surface area (Å²) in [6, 6.07) is 0. The standard InChI is InChI=1S/C14H25N3/c1-17-11-10-16-14(17)8-9-15-12-13-6-4-2-3-5-7-13/h10-11,13,15H,2-9,12H2,1H3. The average molecular weight is 235 g/mol. The molecular weight excluding hydrogens is 210 g/mol. The minimum absolute atomic E-state index is 0.916. The summed E-state index contributed by atoms with van der Waals surface area (Å²) in [5, 5.41) is 3.60. The van der Waals surface area contributed by atoms with E-state index in [-0.39, 0.29) is 0 Å². The highest BCUT2D eigenvalue weighted by Crippen LogP contribution is 2.21. The molecular formula is C14H25N3. The minimum Gasteiger partial charge on any atom is -0.338 e. The number of hydrogen-bond acceptors (Lipinski definition) is 2. The van der Waals surface area contributed by atoms with Crippen LogP contribution in [0, 0.1) is 5.92 Å². The van der Waals surface area contributed by atoms with Gasteiger partial charge in [0, 0.05) is 32.4 Å². The van der Waals surface area contributed by atoms with E-state index in [1.54, 1.807) is 0 Å². The fourth-order valence-electron chi connectivity index (χ4n) is 2.71.